The Morgan fingerprint density at radius 2 is 2.07 bits per heavy atom. The molecule has 0 radical (unpaired) electrons. The Morgan fingerprint density at radius 3 is 2.89 bits per heavy atom. The summed E-state index contributed by atoms with van der Waals surface area (Å²) in [5, 5.41) is 10.7. The van der Waals surface area contributed by atoms with E-state index in [2.05, 4.69) is 20.5 Å². The van der Waals surface area contributed by atoms with E-state index in [1.165, 1.54) is 11.8 Å². The van der Waals surface area contributed by atoms with Crippen molar-refractivity contribution in [2.24, 2.45) is 0 Å². The highest BCUT2D eigenvalue weighted by atomic mass is 32.2. The molecule has 0 aliphatic rings. The molecule has 0 saturated carbocycles. The van der Waals surface area contributed by atoms with Crippen LogP contribution in [-0.2, 0) is 4.79 Å². The fourth-order valence-electron chi connectivity index (χ4n) is 2.77. The Kier molecular flexibility index (Phi) is 4.59. The number of H-pyrrole nitrogens is 1. The van der Waals surface area contributed by atoms with Gasteiger partial charge in [-0.3, -0.25) is 9.20 Å². The molecule has 27 heavy (non-hydrogen) atoms. The third kappa shape index (κ3) is 3.28. The largest absolute Gasteiger partial charge is 0.497 e. The first-order chi connectivity index (χ1) is 13.2. The van der Waals surface area contributed by atoms with Gasteiger partial charge >= 0.3 is 0 Å². The third-order valence-electron chi connectivity index (χ3n) is 4.02. The predicted octanol–water partition coefficient (Wildman–Crippen LogP) is 2.96. The highest BCUT2D eigenvalue weighted by Gasteiger charge is 2.14. The van der Waals surface area contributed by atoms with Gasteiger partial charge in [-0.1, -0.05) is 23.9 Å². The monoisotopic (exact) mass is 383 g/mol. The number of hydrogen-bond acceptors (Lipinski definition) is 6. The number of ether oxygens (including phenoxy) is 2. The minimum Gasteiger partial charge on any atom is -0.497 e. The number of anilines is 1. The number of methoxy groups -OCH3 is 2. The van der Waals surface area contributed by atoms with Crippen LogP contribution in [0, 0.1) is 0 Å². The van der Waals surface area contributed by atoms with Gasteiger partial charge in [0.1, 0.15) is 11.5 Å². The second-order valence-electron chi connectivity index (χ2n) is 5.67. The minimum absolute atomic E-state index is 0.174. The van der Waals surface area contributed by atoms with E-state index >= 15 is 0 Å². The van der Waals surface area contributed by atoms with Crippen LogP contribution in [0.3, 0.4) is 0 Å². The number of nitrogens with one attached hydrogen (secondary N) is 2. The van der Waals surface area contributed by atoms with Crippen molar-refractivity contribution < 1.29 is 14.3 Å². The Morgan fingerprint density at radius 1 is 1.22 bits per heavy atom. The van der Waals surface area contributed by atoms with Crippen LogP contribution < -0.4 is 14.8 Å². The third-order valence-corrected chi connectivity index (χ3v) is 4.96. The number of imidazole rings is 1. The summed E-state index contributed by atoms with van der Waals surface area (Å²) in [6.45, 7) is 0. The molecule has 2 heterocycles. The summed E-state index contributed by atoms with van der Waals surface area (Å²) in [4.78, 5) is 16.9. The Hall–Kier alpha value is -3.20. The van der Waals surface area contributed by atoms with E-state index < -0.39 is 0 Å². The first-order valence-corrected chi connectivity index (χ1v) is 9.14. The lowest BCUT2D eigenvalue weighted by molar-refractivity contribution is -0.113. The highest BCUT2D eigenvalue weighted by Crippen LogP contribution is 2.29. The topological polar surface area (TPSA) is 93.5 Å². The smallest absolute Gasteiger partial charge is 0.234 e. The summed E-state index contributed by atoms with van der Waals surface area (Å²) >= 11 is 1.32. The van der Waals surface area contributed by atoms with E-state index in [1.807, 2.05) is 28.7 Å². The second kappa shape index (κ2) is 7.20. The van der Waals surface area contributed by atoms with Gasteiger partial charge in [0.05, 0.1) is 36.7 Å². The number of amides is 1. The first kappa shape index (κ1) is 17.2. The molecule has 0 unspecified atom stereocenters. The molecule has 0 fully saturated rings. The van der Waals surface area contributed by atoms with Crippen LogP contribution in [0.2, 0.25) is 0 Å². The molecule has 2 aromatic carbocycles. The number of benzene rings is 2. The molecule has 4 rings (SSSR count). The van der Waals surface area contributed by atoms with Crippen molar-refractivity contribution in [3.05, 3.63) is 42.5 Å². The van der Waals surface area contributed by atoms with Crippen LogP contribution in [-0.4, -0.2) is 45.5 Å². The summed E-state index contributed by atoms with van der Waals surface area (Å²) in [5.74, 6) is 1.86. The van der Waals surface area contributed by atoms with Crippen molar-refractivity contribution in [2.45, 2.75) is 5.16 Å². The van der Waals surface area contributed by atoms with E-state index in [9.17, 15) is 4.79 Å². The summed E-state index contributed by atoms with van der Waals surface area (Å²) < 4.78 is 12.4. The SMILES string of the molecule is COc1ccc(OC)c(NC(=O)CSc2n[nH]c3nc4ccccc4n23)c1. The normalized spacial score (nSPS) is 11.0. The number of carbonyl (C=O) groups excluding carboxylic acids is 1. The Bertz CT molecular complexity index is 1120. The van der Waals surface area contributed by atoms with Crippen LogP contribution >= 0.6 is 11.8 Å². The quantitative estimate of drug-likeness (QED) is 0.497. The number of hydrogen-bond donors (Lipinski definition) is 2. The van der Waals surface area contributed by atoms with Crippen molar-refractivity contribution in [2.75, 3.05) is 25.3 Å². The highest BCUT2D eigenvalue weighted by molar-refractivity contribution is 7.99. The summed E-state index contributed by atoms with van der Waals surface area (Å²) in [5.41, 5.74) is 2.37. The maximum absolute atomic E-state index is 12.4. The number of aromatic amines is 1. The number of nitrogens with zero attached hydrogens (tertiary/aromatic N) is 3. The Balaban J connectivity index is 1.51. The second-order valence-corrected chi connectivity index (χ2v) is 6.61. The molecular weight excluding hydrogens is 366 g/mol. The molecule has 2 aromatic heterocycles. The molecule has 138 valence electrons. The maximum Gasteiger partial charge on any atom is 0.234 e. The van der Waals surface area contributed by atoms with E-state index in [0.717, 1.165) is 11.0 Å². The van der Waals surface area contributed by atoms with Gasteiger partial charge in [0, 0.05) is 6.07 Å². The van der Waals surface area contributed by atoms with Gasteiger partial charge in [-0.2, -0.15) is 0 Å². The van der Waals surface area contributed by atoms with Crippen molar-refractivity contribution in [3.63, 3.8) is 0 Å². The van der Waals surface area contributed by atoms with Crippen LogP contribution in [0.4, 0.5) is 5.69 Å². The minimum atomic E-state index is -0.174. The van der Waals surface area contributed by atoms with Crippen LogP contribution in [0.1, 0.15) is 0 Å². The van der Waals surface area contributed by atoms with E-state index in [0.29, 0.717) is 28.1 Å². The molecule has 9 heteroatoms. The van der Waals surface area contributed by atoms with Gasteiger partial charge < -0.3 is 14.8 Å². The number of para-hydroxylation sites is 2. The van der Waals surface area contributed by atoms with Gasteiger partial charge in [0.25, 0.3) is 0 Å². The average Bonchev–Trinajstić information content (AvgIpc) is 3.25. The molecule has 0 spiro atoms. The molecule has 0 bridgehead atoms. The molecule has 0 atom stereocenters. The van der Waals surface area contributed by atoms with Crippen LogP contribution in [0.15, 0.2) is 47.6 Å². The van der Waals surface area contributed by atoms with E-state index in [4.69, 9.17) is 9.47 Å². The zero-order valence-corrected chi connectivity index (χ0v) is 15.5. The zero-order chi connectivity index (χ0) is 18.8. The van der Waals surface area contributed by atoms with Gasteiger partial charge in [0.2, 0.25) is 11.7 Å². The number of carbonyl (C=O) groups is 1. The maximum atomic E-state index is 12.4. The van der Waals surface area contributed by atoms with Gasteiger partial charge in [-0.25, -0.2) is 10.1 Å². The molecule has 1 amide bonds. The average molecular weight is 383 g/mol. The molecular formula is C18H17N5O3S. The van der Waals surface area contributed by atoms with E-state index in [-0.39, 0.29) is 11.7 Å². The van der Waals surface area contributed by atoms with Crippen LogP contribution in [0.5, 0.6) is 11.5 Å². The number of aromatic nitrogens is 4. The van der Waals surface area contributed by atoms with Crippen molar-refractivity contribution in [1.29, 1.82) is 0 Å². The number of rotatable bonds is 6. The molecule has 4 aromatic rings. The lowest BCUT2D eigenvalue weighted by atomic mass is 10.2. The Labute approximate surface area is 158 Å². The lowest BCUT2D eigenvalue weighted by Gasteiger charge is -2.11. The lowest BCUT2D eigenvalue weighted by Crippen LogP contribution is -2.15. The number of thioether (sulfide) groups is 1. The van der Waals surface area contributed by atoms with Crippen molar-refractivity contribution >= 4 is 40.2 Å². The van der Waals surface area contributed by atoms with Crippen molar-refractivity contribution in [3.8, 4) is 11.5 Å². The molecule has 0 saturated heterocycles. The zero-order valence-electron chi connectivity index (χ0n) is 14.7. The number of fused-ring (bicyclic) bond motifs is 3. The van der Waals surface area contributed by atoms with Crippen molar-refractivity contribution in [1.82, 2.24) is 19.6 Å². The predicted molar refractivity (Wildman–Crippen MR) is 104 cm³/mol. The summed E-state index contributed by atoms with van der Waals surface area (Å²) in [7, 11) is 3.12. The van der Waals surface area contributed by atoms with Gasteiger partial charge in [0.15, 0.2) is 5.16 Å². The fraction of sp³-hybridized carbons (Fsp3) is 0.167. The fourth-order valence-corrected chi connectivity index (χ4v) is 3.52. The molecule has 0 aliphatic heterocycles. The summed E-state index contributed by atoms with van der Waals surface area (Å²) in [6, 6.07) is 13.0. The molecule has 8 nitrogen and oxygen atoms in total. The molecule has 0 aliphatic carbocycles. The van der Waals surface area contributed by atoms with Gasteiger partial charge in [-0.15, -0.1) is 5.10 Å². The van der Waals surface area contributed by atoms with Crippen LogP contribution in [0.25, 0.3) is 16.8 Å². The first-order valence-electron chi connectivity index (χ1n) is 8.16. The van der Waals surface area contributed by atoms with E-state index in [1.54, 1.807) is 32.4 Å². The summed E-state index contributed by atoms with van der Waals surface area (Å²) in [6.07, 6.45) is 0. The molecule has 2 N–H and O–H groups in total. The standard InChI is InChI=1S/C18H17N5O3S/c1-25-11-7-8-15(26-2)13(9-11)19-16(24)10-27-18-22-21-17-20-12-5-3-4-6-14(12)23(17)18/h3-9H,10H2,1-2H3,(H,19,24)(H,20,21). The van der Waals surface area contributed by atoms with Gasteiger partial charge in [-0.05, 0) is 24.3 Å².